The second-order valence-electron chi connectivity index (χ2n) is 9.05. The number of aryl methyl sites for hydroxylation is 1. The topological polar surface area (TPSA) is 110 Å². The van der Waals surface area contributed by atoms with Crippen LogP contribution < -0.4 is 15.5 Å². The van der Waals surface area contributed by atoms with E-state index in [1.165, 1.54) is 7.11 Å². The molecule has 9 nitrogen and oxygen atoms in total. The van der Waals surface area contributed by atoms with E-state index in [4.69, 9.17) is 25.4 Å². The third kappa shape index (κ3) is 3.50. The van der Waals surface area contributed by atoms with Crippen molar-refractivity contribution in [2.45, 2.75) is 39.2 Å². The molecule has 0 saturated carbocycles. The summed E-state index contributed by atoms with van der Waals surface area (Å²) in [6, 6.07) is 4.00. The van der Waals surface area contributed by atoms with Gasteiger partial charge in [-0.1, -0.05) is 6.92 Å². The molecule has 0 atom stereocenters. The fourth-order valence-corrected chi connectivity index (χ4v) is 4.72. The van der Waals surface area contributed by atoms with Crippen LogP contribution in [0.25, 0.3) is 0 Å². The summed E-state index contributed by atoms with van der Waals surface area (Å²) in [5.74, 6) is 0.869. The Morgan fingerprint density at radius 3 is 2.78 bits per heavy atom. The Kier molecular flexibility index (Phi) is 5.28. The number of pyridine rings is 1. The number of hydrogen-bond donors (Lipinski definition) is 1. The summed E-state index contributed by atoms with van der Waals surface area (Å²) in [7, 11) is 1.38. The molecule has 3 aliphatic rings. The van der Waals surface area contributed by atoms with E-state index in [2.05, 4.69) is 27.8 Å². The number of nitrogens with zero attached hydrogens (tertiary/aromatic N) is 6. The van der Waals surface area contributed by atoms with Crippen molar-refractivity contribution in [3.8, 4) is 0 Å². The minimum Gasteiger partial charge on any atom is -0.464 e. The number of rotatable bonds is 3. The Morgan fingerprint density at radius 1 is 1.22 bits per heavy atom. The number of piperidine rings is 1. The Morgan fingerprint density at radius 2 is 2.03 bits per heavy atom. The van der Waals surface area contributed by atoms with E-state index >= 15 is 0 Å². The molecule has 5 rings (SSSR count). The molecule has 3 aliphatic heterocycles. The highest BCUT2D eigenvalue weighted by atomic mass is 16.5. The molecule has 9 heteroatoms. The number of nitrogens with two attached hydrogens (primary N) is 1. The van der Waals surface area contributed by atoms with Crippen LogP contribution >= 0.6 is 0 Å². The van der Waals surface area contributed by atoms with Crippen LogP contribution in [-0.2, 0) is 17.7 Å². The monoisotopic (exact) mass is 435 g/mol. The zero-order valence-corrected chi connectivity index (χ0v) is 18.7. The number of methoxy groups -OCH3 is 1. The molecule has 0 aromatic carbocycles. The van der Waals surface area contributed by atoms with E-state index in [0.29, 0.717) is 24.6 Å². The van der Waals surface area contributed by atoms with Gasteiger partial charge in [0.05, 0.1) is 30.7 Å². The van der Waals surface area contributed by atoms with Gasteiger partial charge in [0, 0.05) is 25.8 Å². The van der Waals surface area contributed by atoms with E-state index in [9.17, 15) is 4.79 Å². The van der Waals surface area contributed by atoms with Gasteiger partial charge >= 0.3 is 5.97 Å². The van der Waals surface area contributed by atoms with Crippen molar-refractivity contribution in [1.82, 2.24) is 15.0 Å². The molecule has 0 bridgehead atoms. The van der Waals surface area contributed by atoms with Crippen LogP contribution in [0.1, 0.15) is 53.8 Å². The maximum absolute atomic E-state index is 12.7. The van der Waals surface area contributed by atoms with Crippen LogP contribution in [0.15, 0.2) is 23.3 Å². The molecule has 2 aromatic rings. The summed E-state index contributed by atoms with van der Waals surface area (Å²) < 4.78 is 5.08. The summed E-state index contributed by atoms with van der Waals surface area (Å²) in [5.41, 5.74) is 9.91. The molecule has 0 amide bonds. The SMILES string of the molecule is COC(=O)c1nc2c(nc1N1CCC(C)(CN)CC1)CN=C2N1CCCc2ncccc21. The molecule has 0 radical (unpaired) electrons. The van der Waals surface area contributed by atoms with Crippen molar-refractivity contribution in [2.75, 3.05) is 43.1 Å². The number of anilines is 2. The van der Waals surface area contributed by atoms with Crippen molar-refractivity contribution >= 4 is 23.3 Å². The van der Waals surface area contributed by atoms with Crippen LogP contribution in [0.3, 0.4) is 0 Å². The molecule has 0 spiro atoms. The van der Waals surface area contributed by atoms with E-state index < -0.39 is 5.97 Å². The van der Waals surface area contributed by atoms with Gasteiger partial charge in [0.2, 0.25) is 0 Å². The van der Waals surface area contributed by atoms with Crippen molar-refractivity contribution in [1.29, 1.82) is 0 Å². The molecule has 0 aliphatic carbocycles. The molecule has 2 aromatic heterocycles. The number of aliphatic imine (C=N–C) groups is 1. The van der Waals surface area contributed by atoms with E-state index in [0.717, 1.165) is 68.2 Å². The average molecular weight is 436 g/mol. The first-order valence-electron chi connectivity index (χ1n) is 11.2. The van der Waals surface area contributed by atoms with Gasteiger partial charge in [-0.05, 0) is 49.8 Å². The molecule has 32 heavy (non-hydrogen) atoms. The van der Waals surface area contributed by atoms with Gasteiger partial charge < -0.3 is 20.3 Å². The Balaban J connectivity index is 1.51. The maximum Gasteiger partial charge on any atom is 0.360 e. The number of carbonyl (C=O) groups is 1. The first-order valence-corrected chi connectivity index (χ1v) is 11.2. The third-order valence-electron chi connectivity index (χ3n) is 6.89. The van der Waals surface area contributed by atoms with Gasteiger partial charge in [0.15, 0.2) is 17.3 Å². The predicted octanol–water partition coefficient (Wildman–Crippen LogP) is 1.94. The van der Waals surface area contributed by atoms with Gasteiger partial charge in [-0.15, -0.1) is 0 Å². The summed E-state index contributed by atoms with van der Waals surface area (Å²) >= 11 is 0. The largest absolute Gasteiger partial charge is 0.464 e. The Labute approximate surface area is 187 Å². The fraction of sp³-hybridized carbons (Fsp3) is 0.522. The van der Waals surface area contributed by atoms with Crippen LogP contribution in [0.5, 0.6) is 0 Å². The number of ether oxygens (including phenoxy) is 1. The minimum absolute atomic E-state index is 0.123. The van der Waals surface area contributed by atoms with Gasteiger partial charge in [-0.25, -0.2) is 14.8 Å². The lowest BCUT2D eigenvalue weighted by atomic mass is 9.80. The zero-order chi connectivity index (χ0) is 22.3. The first kappa shape index (κ1) is 20.8. The average Bonchev–Trinajstić information content (AvgIpc) is 3.25. The lowest BCUT2D eigenvalue weighted by Gasteiger charge is -2.39. The molecule has 2 N–H and O–H groups in total. The smallest absolute Gasteiger partial charge is 0.360 e. The Bertz CT molecular complexity index is 1080. The van der Waals surface area contributed by atoms with Crippen molar-refractivity contribution in [3.63, 3.8) is 0 Å². The van der Waals surface area contributed by atoms with E-state index in [1.807, 2.05) is 12.3 Å². The van der Waals surface area contributed by atoms with Gasteiger partial charge in [-0.2, -0.15) is 0 Å². The highest BCUT2D eigenvalue weighted by molar-refractivity contribution is 6.11. The number of esters is 1. The number of carbonyl (C=O) groups excluding carboxylic acids is 1. The van der Waals surface area contributed by atoms with Crippen LogP contribution in [0, 0.1) is 5.41 Å². The number of fused-ring (bicyclic) bond motifs is 2. The first-order chi connectivity index (χ1) is 15.5. The summed E-state index contributed by atoms with van der Waals surface area (Å²) in [4.78, 5) is 36.0. The van der Waals surface area contributed by atoms with Crippen LogP contribution in [0.2, 0.25) is 0 Å². The van der Waals surface area contributed by atoms with Crippen LogP contribution in [0.4, 0.5) is 11.5 Å². The highest BCUT2D eigenvalue weighted by Gasteiger charge is 2.35. The van der Waals surface area contributed by atoms with E-state index in [1.54, 1.807) is 0 Å². The number of aromatic nitrogens is 3. The zero-order valence-electron chi connectivity index (χ0n) is 18.7. The minimum atomic E-state index is -0.477. The van der Waals surface area contributed by atoms with Crippen LogP contribution in [-0.4, -0.2) is 60.0 Å². The predicted molar refractivity (Wildman–Crippen MR) is 122 cm³/mol. The molecule has 0 unspecified atom stereocenters. The van der Waals surface area contributed by atoms with Crippen molar-refractivity contribution in [2.24, 2.45) is 16.1 Å². The quantitative estimate of drug-likeness (QED) is 0.729. The third-order valence-corrected chi connectivity index (χ3v) is 6.89. The van der Waals surface area contributed by atoms with Gasteiger partial charge in [-0.3, -0.25) is 9.98 Å². The van der Waals surface area contributed by atoms with Crippen molar-refractivity contribution in [3.05, 3.63) is 41.1 Å². The van der Waals surface area contributed by atoms with Crippen molar-refractivity contribution < 1.29 is 9.53 Å². The standard InChI is InChI=1S/C23H29N7O2/c1-23(14-24)7-11-29(12-8-23)21-19(22(31)32-2)28-18-16(27-21)13-26-20(18)30-10-4-5-15-17(30)6-3-9-25-15/h3,6,9H,4-5,7-8,10-14,24H2,1-2H3. The van der Waals surface area contributed by atoms with Gasteiger partial charge in [0.1, 0.15) is 5.69 Å². The maximum atomic E-state index is 12.7. The molecule has 168 valence electrons. The lowest BCUT2D eigenvalue weighted by molar-refractivity contribution is 0.0594. The second-order valence-corrected chi connectivity index (χ2v) is 9.05. The molecular formula is C23H29N7O2. The second kappa shape index (κ2) is 8.12. The lowest BCUT2D eigenvalue weighted by Crippen LogP contribution is -2.43. The summed E-state index contributed by atoms with van der Waals surface area (Å²) in [6.07, 6.45) is 5.65. The molecule has 1 fully saturated rings. The number of amidine groups is 1. The normalized spacial score (nSPS) is 19.3. The number of hydrogen-bond acceptors (Lipinski definition) is 9. The molecule has 5 heterocycles. The summed E-state index contributed by atoms with van der Waals surface area (Å²) in [6.45, 7) is 5.72. The Hall–Kier alpha value is -3.07. The fourth-order valence-electron chi connectivity index (χ4n) is 4.72. The highest BCUT2D eigenvalue weighted by Crippen LogP contribution is 2.34. The molecule has 1 saturated heterocycles. The molecular weight excluding hydrogens is 406 g/mol. The van der Waals surface area contributed by atoms with E-state index in [-0.39, 0.29) is 11.1 Å². The van der Waals surface area contributed by atoms with Gasteiger partial charge in [0.25, 0.3) is 0 Å². The summed E-state index contributed by atoms with van der Waals surface area (Å²) in [5, 5.41) is 0.